The van der Waals surface area contributed by atoms with Gasteiger partial charge in [0.15, 0.2) is 0 Å². The van der Waals surface area contributed by atoms with Crippen molar-refractivity contribution in [3.05, 3.63) is 41.8 Å². The highest BCUT2D eigenvalue weighted by atomic mass is 16.5. The fourth-order valence-corrected chi connectivity index (χ4v) is 1.20. The van der Waals surface area contributed by atoms with Gasteiger partial charge in [0.2, 0.25) is 0 Å². The fraction of sp³-hybridized carbons (Fsp3) is 0.182. The van der Waals surface area contributed by atoms with Crippen LogP contribution in [0, 0.1) is 6.92 Å². The summed E-state index contributed by atoms with van der Waals surface area (Å²) in [6.45, 7) is 2.40. The summed E-state index contributed by atoms with van der Waals surface area (Å²) in [5, 5.41) is 3.59. The van der Waals surface area contributed by atoms with Crippen LogP contribution in [0.2, 0.25) is 0 Å². The Labute approximate surface area is 87.6 Å². The normalized spacial score (nSPS) is 10.2. The second-order valence-electron chi connectivity index (χ2n) is 3.34. The molecule has 1 aromatic heterocycles. The minimum absolute atomic E-state index is 0.451. The number of nitrogens with two attached hydrogens (primary N) is 1. The second-order valence-corrected chi connectivity index (χ2v) is 3.34. The van der Waals surface area contributed by atoms with Crippen LogP contribution in [0.15, 0.2) is 35.2 Å². The van der Waals surface area contributed by atoms with Crippen molar-refractivity contribution in [2.75, 3.05) is 5.73 Å². The maximum atomic E-state index is 5.70. The monoisotopic (exact) mass is 204 g/mol. The minimum Gasteiger partial charge on any atom is -0.489 e. The highest BCUT2D eigenvalue weighted by Gasteiger charge is 1.99. The molecular weight excluding hydrogens is 192 g/mol. The molecule has 4 nitrogen and oxygen atoms in total. The average Bonchev–Trinajstić information content (AvgIpc) is 2.73. The molecule has 0 unspecified atom stereocenters. The van der Waals surface area contributed by atoms with Gasteiger partial charge in [0, 0.05) is 11.3 Å². The van der Waals surface area contributed by atoms with E-state index < -0.39 is 0 Å². The maximum absolute atomic E-state index is 5.70. The van der Waals surface area contributed by atoms with Crippen LogP contribution in [0.5, 0.6) is 5.75 Å². The van der Waals surface area contributed by atoms with Crippen molar-refractivity contribution in [1.29, 1.82) is 0 Å². The highest BCUT2D eigenvalue weighted by Crippen LogP contribution is 2.19. The predicted octanol–water partition coefficient (Wildman–Crippen LogP) is 2.14. The minimum atomic E-state index is 0.451. The molecule has 15 heavy (non-hydrogen) atoms. The van der Waals surface area contributed by atoms with E-state index in [1.807, 2.05) is 25.1 Å². The van der Waals surface area contributed by atoms with Crippen LogP contribution in [-0.2, 0) is 6.61 Å². The zero-order chi connectivity index (χ0) is 10.7. The van der Waals surface area contributed by atoms with Gasteiger partial charge >= 0.3 is 0 Å². The molecule has 0 fully saturated rings. The first-order valence-corrected chi connectivity index (χ1v) is 4.63. The molecule has 2 N–H and O–H groups in total. The predicted molar refractivity (Wildman–Crippen MR) is 56.4 cm³/mol. The van der Waals surface area contributed by atoms with Crippen LogP contribution in [0.25, 0.3) is 0 Å². The van der Waals surface area contributed by atoms with Gasteiger partial charge in [-0.05, 0) is 30.7 Å². The van der Waals surface area contributed by atoms with E-state index in [9.17, 15) is 0 Å². The summed E-state index contributed by atoms with van der Waals surface area (Å²) >= 11 is 0. The molecule has 0 aliphatic carbocycles. The molecule has 0 saturated carbocycles. The second kappa shape index (κ2) is 4.04. The molecule has 0 radical (unpaired) electrons. The third kappa shape index (κ3) is 2.28. The highest BCUT2D eigenvalue weighted by molar-refractivity contribution is 5.49. The van der Waals surface area contributed by atoms with Crippen LogP contribution >= 0.6 is 0 Å². The Balaban J connectivity index is 2.02. The van der Waals surface area contributed by atoms with Gasteiger partial charge in [0.05, 0.1) is 6.20 Å². The molecule has 2 aromatic rings. The molecule has 0 amide bonds. The van der Waals surface area contributed by atoms with Gasteiger partial charge in [-0.1, -0.05) is 5.16 Å². The Morgan fingerprint density at radius 2 is 2.33 bits per heavy atom. The van der Waals surface area contributed by atoms with Crippen LogP contribution in [0.3, 0.4) is 0 Å². The number of benzene rings is 1. The molecule has 2 rings (SSSR count). The lowest BCUT2D eigenvalue weighted by Gasteiger charge is -2.06. The van der Waals surface area contributed by atoms with E-state index in [1.54, 1.807) is 12.5 Å². The lowest BCUT2D eigenvalue weighted by atomic mass is 10.2. The molecule has 0 atom stereocenters. The molecule has 0 aliphatic rings. The van der Waals surface area contributed by atoms with Gasteiger partial charge in [-0.3, -0.25) is 0 Å². The van der Waals surface area contributed by atoms with E-state index in [0.717, 1.165) is 22.6 Å². The van der Waals surface area contributed by atoms with Gasteiger partial charge in [0.25, 0.3) is 0 Å². The number of anilines is 1. The Kier molecular flexibility index (Phi) is 2.58. The number of hydrogen-bond donors (Lipinski definition) is 1. The Morgan fingerprint density at radius 3 is 3.00 bits per heavy atom. The zero-order valence-electron chi connectivity index (χ0n) is 8.43. The molecule has 0 saturated heterocycles. The number of aromatic nitrogens is 1. The fourth-order valence-electron chi connectivity index (χ4n) is 1.20. The summed E-state index contributed by atoms with van der Waals surface area (Å²) in [6, 6.07) is 5.58. The quantitative estimate of drug-likeness (QED) is 0.778. The summed E-state index contributed by atoms with van der Waals surface area (Å²) < 4.78 is 10.2. The van der Waals surface area contributed by atoms with Gasteiger partial charge in [-0.25, -0.2) is 0 Å². The van der Waals surface area contributed by atoms with Crippen molar-refractivity contribution >= 4 is 5.69 Å². The summed E-state index contributed by atoms with van der Waals surface area (Å²) in [7, 11) is 0. The Morgan fingerprint density at radius 1 is 1.47 bits per heavy atom. The molecule has 1 aromatic carbocycles. The third-order valence-electron chi connectivity index (χ3n) is 2.13. The average molecular weight is 204 g/mol. The summed E-state index contributed by atoms with van der Waals surface area (Å²) in [4.78, 5) is 0. The summed E-state index contributed by atoms with van der Waals surface area (Å²) in [6.07, 6.45) is 3.19. The van der Waals surface area contributed by atoms with Gasteiger partial charge in [0.1, 0.15) is 18.6 Å². The summed E-state index contributed by atoms with van der Waals surface area (Å²) in [5.41, 5.74) is 8.39. The van der Waals surface area contributed by atoms with E-state index in [1.165, 1.54) is 0 Å². The molecule has 0 aliphatic heterocycles. The van der Waals surface area contributed by atoms with Crippen LogP contribution in [0.1, 0.15) is 11.1 Å². The number of aryl methyl sites for hydroxylation is 1. The van der Waals surface area contributed by atoms with Gasteiger partial charge in [-0.15, -0.1) is 0 Å². The van der Waals surface area contributed by atoms with Gasteiger partial charge in [-0.2, -0.15) is 0 Å². The van der Waals surface area contributed by atoms with E-state index >= 15 is 0 Å². The molecule has 0 bridgehead atoms. The maximum Gasteiger partial charge on any atom is 0.130 e. The largest absolute Gasteiger partial charge is 0.489 e. The lowest BCUT2D eigenvalue weighted by Crippen LogP contribution is -1.95. The van der Waals surface area contributed by atoms with Crippen molar-refractivity contribution < 1.29 is 9.26 Å². The SMILES string of the molecule is Cc1cc(OCc2cnoc2)ccc1N. The van der Waals surface area contributed by atoms with Crippen LogP contribution < -0.4 is 10.5 Å². The topological polar surface area (TPSA) is 61.3 Å². The zero-order valence-corrected chi connectivity index (χ0v) is 8.43. The first-order chi connectivity index (χ1) is 7.25. The van der Waals surface area contributed by atoms with Crippen molar-refractivity contribution in [3.63, 3.8) is 0 Å². The first-order valence-electron chi connectivity index (χ1n) is 4.63. The van der Waals surface area contributed by atoms with Crippen LogP contribution in [0.4, 0.5) is 5.69 Å². The number of hydrogen-bond acceptors (Lipinski definition) is 4. The molecular formula is C11H12N2O2. The van der Waals surface area contributed by atoms with Crippen molar-refractivity contribution in [2.45, 2.75) is 13.5 Å². The van der Waals surface area contributed by atoms with Crippen molar-refractivity contribution in [1.82, 2.24) is 5.16 Å². The molecule has 0 spiro atoms. The molecule has 78 valence electrons. The molecule has 1 heterocycles. The Hall–Kier alpha value is -1.97. The first kappa shape index (κ1) is 9.58. The van der Waals surface area contributed by atoms with Crippen LogP contribution in [-0.4, -0.2) is 5.16 Å². The van der Waals surface area contributed by atoms with Gasteiger partial charge < -0.3 is 15.0 Å². The number of ether oxygens (including phenoxy) is 1. The Bertz CT molecular complexity index is 438. The summed E-state index contributed by atoms with van der Waals surface area (Å²) in [5.74, 6) is 0.794. The van der Waals surface area contributed by atoms with E-state index in [4.69, 9.17) is 15.0 Å². The van der Waals surface area contributed by atoms with E-state index in [2.05, 4.69) is 5.16 Å². The van der Waals surface area contributed by atoms with Crippen molar-refractivity contribution in [2.24, 2.45) is 0 Å². The van der Waals surface area contributed by atoms with E-state index in [-0.39, 0.29) is 0 Å². The number of rotatable bonds is 3. The van der Waals surface area contributed by atoms with Crippen molar-refractivity contribution in [3.8, 4) is 5.75 Å². The number of nitrogens with zero attached hydrogens (tertiary/aromatic N) is 1. The standard InChI is InChI=1S/C11H12N2O2/c1-8-4-10(2-3-11(8)12)14-6-9-5-13-15-7-9/h2-5,7H,6,12H2,1H3. The number of nitrogen functional groups attached to an aromatic ring is 1. The lowest BCUT2D eigenvalue weighted by molar-refractivity contribution is 0.304. The smallest absolute Gasteiger partial charge is 0.130 e. The van der Waals surface area contributed by atoms with E-state index in [0.29, 0.717) is 6.61 Å². The molecule has 4 heteroatoms. The third-order valence-corrected chi connectivity index (χ3v) is 2.13.